The van der Waals surface area contributed by atoms with Crippen LogP contribution >= 0.6 is 0 Å². The second-order valence-electron chi connectivity index (χ2n) is 5.33. The Morgan fingerprint density at radius 3 is 1.84 bits per heavy atom. The topological polar surface area (TPSA) is 26.3 Å². The Balaban J connectivity index is 3.55. The number of methoxy groups -OCH3 is 1. The predicted octanol–water partition coefficient (Wildman–Crippen LogP) is 3.71. The lowest BCUT2D eigenvalue weighted by molar-refractivity contribution is -0.268. The minimum absolute atomic E-state index is 0.204. The van der Waals surface area contributed by atoms with Crippen molar-refractivity contribution in [1.29, 1.82) is 0 Å². The van der Waals surface area contributed by atoms with Gasteiger partial charge in [-0.15, -0.1) is 0 Å². The van der Waals surface area contributed by atoms with Crippen molar-refractivity contribution in [2.24, 2.45) is 5.41 Å². The highest BCUT2D eigenvalue weighted by atomic mass is 19.4. The van der Waals surface area contributed by atoms with Crippen LogP contribution in [0.4, 0.5) is 13.2 Å². The van der Waals surface area contributed by atoms with Gasteiger partial charge in [0.25, 0.3) is 0 Å². The van der Waals surface area contributed by atoms with E-state index in [-0.39, 0.29) is 5.56 Å². The number of carbonyl (C=O) groups excluding carboxylic acids is 1. The fourth-order valence-electron chi connectivity index (χ4n) is 1.95. The Labute approximate surface area is 110 Å². The maximum absolute atomic E-state index is 13.5. The molecule has 1 atom stereocenters. The van der Waals surface area contributed by atoms with Gasteiger partial charge in [-0.1, -0.05) is 51.1 Å². The highest BCUT2D eigenvalue weighted by molar-refractivity contribution is 5.93. The lowest BCUT2D eigenvalue weighted by Crippen LogP contribution is -2.54. The molecule has 0 aliphatic rings. The molecule has 0 aliphatic heterocycles. The van der Waals surface area contributed by atoms with Crippen molar-refractivity contribution in [3.63, 3.8) is 0 Å². The molecule has 19 heavy (non-hydrogen) atoms. The fourth-order valence-corrected chi connectivity index (χ4v) is 1.95. The van der Waals surface area contributed by atoms with Gasteiger partial charge >= 0.3 is 6.18 Å². The first kappa shape index (κ1) is 15.7. The molecule has 1 aromatic rings. The smallest absolute Gasteiger partial charge is 0.358 e. The van der Waals surface area contributed by atoms with Crippen LogP contribution in [0, 0.1) is 5.41 Å². The summed E-state index contributed by atoms with van der Waals surface area (Å²) in [5.74, 6) is -1.01. The Kier molecular flexibility index (Phi) is 4.10. The average molecular weight is 274 g/mol. The molecule has 2 nitrogen and oxygen atoms in total. The number of Topliss-reactive ketones (excluding diaryl/α,β-unsaturated/α-hetero) is 1. The van der Waals surface area contributed by atoms with E-state index in [9.17, 15) is 18.0 Å². The minimum atomic E-state index is -4.83. The maximum Gasteiger partial charge on any atom is 0.428 e. The number of alkyl halides is 3. The first-order valence-corrected chi connectivity index (χ1v) is 5.79. The molecule has 0 saturated heterocycles. The van der Waals surface area contributed by atoms with Crippen LogP contribution in [0.5, 0.6) is 0 Å². The van der Waals surface area contributed by atoms with Crippen molar-refractivity contribution in [2.75, 3.05) is 7.11 Å². The molecule has 0 saturated carbocycles. The van der Waals surface area contributed by atoms with Crippen molar-refractivity contribution >= 4 is 5.78 Å². The van der Waals surface area contributed by atoms with Gasteiger partial charge < -0.3 is 4.74 Å². The zero-order chi connectivity index (χ0) is 14.9. The molecule has 0 aromatic heterocycles. The van der Waals surface area contributed by atoms with Crippen LogP contribution in [0.25, 0.3) is 0 Å². The lowest BCUT2D eigenvalue weighted by atomic mass is 9.76. The first-order valence-electron chi connectivity index (χ1n) is 5.79. The van der Waals surface area contributed by atoms with Gasteiger partial charge in [0, 0.05) is 18.1 Å². The molecule has 1 aromatic carbocycles. The molecule has 0 heterocycles. The molecule has 0 unspecified atom stereocenters. The largest absolute Gasteiger partial charge is 0.428 e. The van der Waals surface area contributed by atoms with Crippen molar-refractivity contribution in [3.8, 4) is 0 Å². The molecule has 106 valence electrons. The van der Waals surface area contributed by atoms with Crippen molar-refractivity contribution in [2.45, 2.75) is 32.5 Å². The summed E-state index contributed by atoms with van der Waals surface area (Å²) in [6, 6.07) is 6.98. The zero-order valence-corrected chi connectivity index (χ0v) is 11.3. The highest BCUT2D eigenvalue weighted by Crippen LogP contribution is 2.46. The van der Waals surface area contributed by atoms with Gasteiger partial charge in [-0.25, -0.2) is 0 Å². The van der Waals surface area contributed by atoms with E-state index in [4.69, 9.17) is 4.74 Å². The third-order valence-electron chi connectivity index (χ3n) is 2.89. The van der Waals surface area contributed by atoms with E-state index in [1.54, 1.807) is 6.07 Å². The normalized spacial score (nSPS) is 15.9. The molecular formula is C14H17F3O2. The molecule has 0 spiro atoms. The summed E-state index contributed by atoms with van der Waals surface area (Å²) >= 11 is 0. The summed E-state index contributed by atoms with van der Waals surface area (Å²) in [5, 5.41) is 0. The SMILES string of the molecule is CO[C@](C(=O)C(C)(C)C)(c1ccccc1)C(F)(F)F. The molecule has 0 N–H and O–H groups in total. The summed E-state index contributed by atoms with van der Waals surface area (Å²) < 4.78 is 45.2. The first-order chi connectivity index (χ1) is 8.57. The summed E-state index contributed by atoms with van der Waals surface area (Å²) in [7, 11) is 0.907. The van der Waals surface area contributed by atoms with E-state index >= 15 is 0 Å². The molecule has 0 radical (unpaired) electrons. The molecule has 0 aliphatic carbocycles. The highest BCUT2D eigenvalue weighted by Gasteiger charge is 2.64. The van der Waals surface area contributed by atoms with Crippen LogP contribution in [-0.4, -0.2) is 19.1 Å². The third kappa shape index (κ3) is 2.66. The van der Waals surface area contributed by atoms with Gasteiger partial charge in [0.2, 0.25) is 5.60 Å². The molecule has 0 bridgehead atoms. The van der Waals surface area contributed by atoms with E-state index in [0.29, 0.717) is 0 Å². The van der Waals surface area contributed by atoms with Gasteiger partial charge in [-0.3, -0.25) is 4.79 Å². The Bertz CT molecular complexity index is 446. The number of carbonyl (C=O) groups is 1. The molecule has 0 fully saturated rings. The van der Waals surface area contributed by atoms with Crippen molar-refractivity contribution in [3.05, 3.63) is 35.9 Å². The Morgan fingerprint density at radius 2 is 1.53 bits per heavy atom. The van der Waals surface area contributed by atoms with E-state index in [1.807, 2.05) is 0 Å². The van der Waals surface area contributed by atoms with Crippen LogP contribution in [0.3, 0.4) is 0 Å². The Hall–Kier alpha value is -1.36. The number of ether oxygens (including phenoxy) is 1. The summed E-state index contributed by atoms with van der Waals surface area (Å²) in [4.78, 5) is 12.3. The second kappa shape index (κ2) is 4.96. The average Bonchev–Trinajstić information content (AvgIpc) is 2.29. The number of hydrogen-bond acceptors (Lipinski definition) is 2. The van der Waals surface area contributed by atoms with Crippen molar-refractivity contribution in [1.82, 2.24) is 0 Å². The number of halogens is 3. The van der Waals surface area contributed by atoms with Gasteiger partial charge in [-0.05, 0) is 0 Å². The number of ketones is 1. The Morgan fingerprint density at radius 1 is 1.05 bits per heavy atom. The fraction of sp³-hybridized carbons (Fsp3) is 0.500. The van der Waals surface area contributed by atoms with E-state index in [2.05, 4.69) is 0 Å². The van der Waals surface area contributed by atoms with Crippen LogP contribution in [0.15, 0.2) is 30.3 Å². The predicted molar refractivity (Wildman–Crippen MR) is 65.6 cm³/mol. The number of benzene rings is 1. The van der Waals surface area contributed by atoms with Crippen molar-refractivity contribution < 1.29 is 22.7 Å². The maximum atomic E-state index is 13.5. The van der Waals surface area contributed by atoms with Gasteiger partial charge in [0.1, 0.15) is 0 Å². The van der Waals surface area contributed by atoms with E-state index in [1.165, 1.54) is 45.0 Å². The third-order valence-corrected chi connectivity index (χ3v) is 2.89. The van der Waals surface area contributed by atoms with E-state index < -0.39 is 23.0 Å². The molecule has 5 heteroatoms. The van der Waals surface area contributed by atoms with Crippen LogP contribution in [-0.2, 0) is 15.1 Å². The van der Waals surface area contributed by atoms with E-state index in [0.717, 1.165) is 7.11 Å². The van der Waals surface area contributed by atoms with Gasteiger partial charge in [-0.2, -0.15) is 13.2 Å². The summed E-state index contributed by atoms with van der Waals surface area (Å²) in [5.41, 5.74) is -4.31. The summed E-state index contributed by atoms with van der Waals surface area (Å²) in [6.45, 7) is 4.33. The lowest BCUT2D eigenvalue weighted by Gasteiger charge is -2.37. The zero-order valence-electron chi connectivity index (χ0n) is 11.3. The monoisotopic (exact) mass is 274 g/mol. The standard InChI is InChI=1S/C14H17F3O2/c1-12(2,3)11(18)13(19-4,14(15,16)17)10-8-6-5-7-9-10/h5-9H,1-4H3/t13-/m0/s1. The molecular weight excluding hydrogens is 257 g/mol. The minimum Gasteiger partial charge on any atom is -0.358 e. The van der Waals surface area contributed by atoms with Crippen LogP contribution in [0.2, 0.25) is 0 Å². The van der Waals surface area contributed by atoms with Crippen LogP contribution < -0.4 is 0 Å². The molecule has 1 rings (SSSR count). The number of hydrogen-bond donors (Lipinski definition) is 0. The van der Waals surface area contributed by atoms with Gasteiger partial charge in [0.05, 0.1) is 0 Å². The van der Waals surface area contributed by atoms with Gasteiger partial charge in [0.15, 0.2) is 5.78 Å². The second-order valence-corrected chi connectivity index (χ2v) is 5.33. The van der Waals surface area contributed by atoms with Crippen LogP contribution in [0.1, 0.15) is 26.3 Å². The summed E-state index contributed by atoms with van der Waals surface area (Å²) in [6.07, 6.45) is -4.83. The molecule has 0 amide bonds. The number of rotatable bonds is 3. The quantitative estimate of drug-likeness (QED) is 0.840.